The number of rotatable bonds is 4. The Hall–Kier alpha value is -1.95. The van der Waals surface area contributed by atoms with Crippen molar-refractivity contribution >= 4 is 21.4 Å². The van der Waals surface area contributed by atoms with Gasteiger partial charge in [-0.3, -0.25) is 0 Å². The fourth-order valence-electron chi connectivity index (χ4n) is 2.16. The summed E-state index contributed by atoms with van der Waals surface area (Å²) in [5.41, 5.74) is 1.60. The third-order valence-corrected chi connectivity index (χ3v) is 4.32. The number of anilines is 1. The molecule has 20 heavy (non-hydrogen) atoms. The molecule has 0 saturated heterocycles. The van der Waals surface area contributed by atoms with E-state index in [0.717, 1.165) is 33.8 Å². The average Bonchev–Trinajstić information content (AvgIpc) is 3.05. The highest BCUT2D eigenvalue weighted by atomic mass is 32.1. The number of aromatic nitrogens is 3. The fraction of sp³-hybridized carbons (Fsp3) is 0.286. The molecule has 0 aliphatic heterocycles. The van der Waals surface area contributed by atoms with E-state index in [0.29, 0.717) is 0 Å². The average molecular weight is 288 g/mol. The van der Waals surface area contributed by atoms with Crippen LogP contribution in [0, 0.1) is 11.7 Å². The highest BCUT2D eigenvalue weighted by molar-refractivity contribution is 7.20. The molecule has 1 fully saturated rings. The lowest BCUT2D eigenvalue weighted by Crippen LogP contribution is -2.03. The Bertz CT molecular complexity index is 759. The van der Waals surface area contributed by atoms with Gasteiger partial charge in [0.25, 0.3) is 0 Å². The quantitative estimate of drug-likeness (QED) is 0.800. The second kappa shape index (κ2) is 4.56. The van der Waals surface area contributed by atoms with E-state index in [1.54, 1.807) is 16.8 Å². The lowest BCUT2D eigenvalue weighted by atomic mass is 10.2. The van der Waals surface area contributed by atoms with E-state index in [-0.39, 0.29) is 5.82 Å². The minimum absolute atomic E-state index is 0.250. The summed E-state index contributed by atoms with van der Waals surface area (Å²) in [5.74, 6) is 0.550. The van der Waals surface area contributed by atoms with E-state index in [1.807, 2.05) is 6.07 Å². The molecule has 3 aromatic rings. The largest absolute Gasteiger partial charge is 0.360 e. The Kier molecular flexibility index (Phi) is 2.70. The predicted molar refractivity (Wildman–Crippen MR) is 77.5 cm³/mol. The zero-order valence-electron chi connectivity index (χ0n) is 10.7. The smallest absolute Gasteiger partial charge is 0.214 e. The molecule has 1 N–H and O–H groups in total. The minimum atomic E-state index is -0.250. The number of nitrogens with zero attached hydrogens (tertiary/aromatic N) is 3. The summed E-state index contributed by atoms with van der Waals surface area (Å²) in [6.45, 7) is 0.978. The Morgan fingerprint density at radius 3 is 3.10 bits per heavy atom. The maximum absolute atomic E-state index is 13.3. The van der Waals surface area contributed by atoms with Gasteiger partial charge in [0.1, 0.15) is 5.82 Å². The van der Waals surface area contributed by atoms with Gasteiger partial charge in [-0.2, -0.15) is 0 Å². The topological polar surface area (TPSA) is 42.2 Å². The monoisotopic (exact) mass is 288 g/mol. The molecule has 4 rings (SSSR count). The molecule has 0 radical (unpaired) electrons. The maximum atomic E-state index is 13.3. The summed E-state index contributed by atoms with van der Waals surface area (Å²) in [4.78, 5) is 5.17. The minimum Gasteiger partial charge on any atom is -0.360 e. The Balaban J connectivity index is 1.68. The van der Waals surface area contributed by atoms with Crippen LogP contribution >= 0.6 is 11.3 Å². The van der Waals surface area contributed by atoms with Gasteiger partial charge in [-0.1, -0.05) is 23.5 Å². The summed E-state index contributed by atoms with van der Waals surface area (Å²) in [5, 5.41) is 8.74. The lowest BCUT2D eigenvalue weighted by Gasteiger charge is -2.00. The number of hydrogen-bond donors (Lipinski definition) is 1. The molecule has 1 aromatic carbocycles. The van der Waals surface area contributed by atoms with Gasteiger partial charge in [0.15, 0.2) is 0 Å². The first-order valence-corrected chi connectivity index (χ1v) is 7.45. The van der Waals surface area contributed by atoms with Crippen LogP contribution in [0.2, 0.25) is 0 Å². The van der Waals surface area contributed by atoms with Crippen molar-refractivity contribution in [3.05, 3.63) is 36.3 Å². The SMILES string of the molecule is Fc1cccc(-c2cnc3sc(NCC4CC4)nn23)c1. The number of nitrogens with one attached hydrogen (secondary N) is 1. The van der Waals surface area contributed by atoms with Crippen molar-refractivity contribution in [1.29, 1.82) is 0 Å². The molecule has 4 nitrogen and oxygen atoms in total. The van der Waals surface area contributed by atoms with E-state index < -0.39 is 0 Å². The van der Waals surface area contributed by atoms with Gasteiger partial charge in [-0.05, 0) is 30.9 Å². The summed E-state index contributed by atoms with van der Waals surface area (Å²) in [6.07, 6.45) is 4.35. The van der Waals surface area contributed by atoms with Crippen molar-refractivity contribution < 1.29 is 4.39 Å². The molecule has 1 aliphatic carbocycles. The number of halogens is 1. The fourth-order valence-corrected chi connectivity index (χ4v) is 2.94. The van der Waals surface area contributed by atoms with Crippen molar-refractivity contribution in [3.63, 3.8) is 0 Å². The molecular weight excluding hydrogens is 275 g/mol. The molecule has 2 heterocycles. The first-order valence-electron chi connectivity index (χ1n) is 6.64. The molecule has 6 heteroatoms. The van der Waals surface area contributed by atoms with Crippen LogP contribution in [-0.4, -0.2) is 21.1 Å². The number of hydrogen-bond acceptors (Lipinski definition) is 4. The first-order chi connectivity index (χ1) is 9.79. The summed E-state index contributed by atoms with van der Waals surface area (Å²) >= 11 is 1.52. The van der Waals surface area contributed by atoms with Crippen molar-refractivity contribution in [2.45, 2.75) is 12.8 Å². The second-order valence-corrected chi connectivity index (χ2v) is 6.04. The van der Waals surface area contributed by atoms with Gasteiger partial charge in [0.05, 0.1) is 11.9 Å². The first kappa shape index (κ1) is 11.8. The molecule has 1 saturated carbocycles. The Morgan fingerprint density at radius 1 is 1.40 bits per heavy atom. The lowest BCUT2D eigenvalue weighted by molar-refractivity contribution is 0.628. The molecule has 0 spiro atoms. The standard InChI is InChI=1S/C14H13FN4S/c15-11-3-1-2-10(6-11)12-8-17-14-19(12)18-13(20-14)16-7-9-4-5-9/h1-3,6,8-9H,4-5,7H2,(H,16,18). The van der Waals surface area contributed by atoms with Crippen LogP contribution in [0.1, 0.15) is 12.8 Å². The van der Waals surface area contributed by atoms with Crippen LogP contribution in [0.4, 0.5) is 9.52 Å². The second-order valence-electron chi connectivity index (χ2n) is 5.08. The molecule has 0 atom stereocenters. The van der Waals surface area contributed by atoms with E-state index >= 15 is 0 Å². The number of imidazole rings is 1. The van der Waals surface area contributed by atoms with Crippen LogP contribution in [0.15, 0.2) is 30.5 Å². The van der Waals surface area contributed by atoms with Gasteiger partial charge in [-0.25, -0.2) is 13.9 Å². The van der Waals surface area contributed by atoms with Gasteiger partial charge in [-0.15, -0.1) is 5.10 Å². The van der Waals surface area contributed by atoms with Crippen LogP contribution in [-0.2, 0) is 0 Å². The Morgan fingerprint density at radius 2 is 2.30 bits per heavy atom. The van der Waals surface area contributed by atoms with Gasteiger partial charge >= 0.3 is 0 Å². The summed E-state index contributed by atoms with van der Waals surface area (Å²) < 4.78 is 15.1. The van der Waals surface area contributed by atoms with E-state index in [9.17, 15) is 4.39 Å². The van der Waals surface area contributed by atoms with Crippen molar-refractivity contribution in [1.82, 2.24) is 14.6 Å². The molecule has 102 valence electrons. The Labute approximate surface area is 119 Å². The van der Waals surface area contributed by atoms with Crippen LogP contribution in [0.3, 0.4) is 0 Å². The van der Waals surface area contributed by atoms with Crippen LogP contribution in [0.25, 0.3) is 16.2 Å². The predicted octanol–water partition coefficient (Wildman–Crippen LogP) is 3.42. The van der Waals surface area contributed by atoms with Gasteiger partial charge < -0.3 is 5.32 Å². The maximum Gasteiger partial charge on any atom is 0.214 e. The third-order valence-electron chi connectivity index (χ3n) is 3.44. The normalized spacial score (nSPS) is 14.8. The van der Waals surface area contributed by atoms with Crippen LogP contribution < -0.4 is 5.32 Å². The number of fused-ring (bicyclic) bond motifs is 1. The van der Waals surface area contributed by atoms with E-state index in [2.05, 4.69) is 15.4 Å². The zero-order valence-corrected chi connectivity index (χ0v) is 11.5. The molecule has 0 bridgehead atoms. The van der Waals surface area contributed by atoms with Crippen LogP contribution in [0.5, 0.6) is 0 Å². The summed E-state index contributed by atoms with van der Waals surface area (Å²) in [7, 11) is 0. The highest BCUT2D eigenvalue weighted by Gasteiger charge is 2.21. The van der Waals surface area contributed by atoms with Crippen molar-refractivity contribution in [3.8, 4) is 11.3 Å². The van der Waals surface area contributed by atoms with E-state index in [1.165, 1.54) is 36.3 Å². The molecule has 0 unspecified atom stereocenters. The molecule has 1 aliphatic rings. The molecule has 0 amide bonds. The summed E-state index contributed by atoms with van der Waals surface area (Å²) in [6, 6.07) is 6.50. The van der Waals surface area contributed by atoms with Gasteiger partial charge in [0, 0.05) is 12.1 Å². The third kappa shape index (κ3) is 2.16. The van der Waals surface area contributed by atoms with Crippen molar-refractivity contribution in [2.75, 3.05) is 11.9 Å². The zero-order chi connectivity index (χ0) is 13.5. The molecule has 2 aromatic heterocycles. The highest BCUT2D eigenvalue weighted by Crippen LogP contribution is 2.30. The van der Waals surface area contributed by atoms with Crippen molar-refractivity contribution in [2.24, 2.45) is 5.92 Å². The van der Waals surface area contributed by atoms with Gasteiger partial charge in [0.2, 0.25) is 10.1 Å². The molecular formula is C14H13FN4S. The number of benzene rings is 1. The van der Waals surface area contributed by atoms with E-state index in [4.69, 9.17) is 0 Å².